The summed E-state index contributed by atoms with van der Waals surface area (Å²) in [6.45, 7) is 0.922. The van der Waals surface area contributed by atoms with E-state index in [2.05, 4.69) is 26.8 Å². The number of rotatable bonds is 5. The smallest absolute Gasteiger partial charge is 0.315 e. The molecule has 1 aliphatic carbocycles. The number of urea groups is 1. The zero-order valence-corrected chi connectivity index (χ0v) is 14.5. The third-order valence-corrected chi connectivity index (χ3v) is 4.87. The third-order valence-electron chi connectivity index (χ3n) is 4.64. The molecule has 0 radical (unpaired) electrons. The van der Waals surface area contributed by atoms with Gasteiger partial charge in [-0.1, -0.05) is 36.6 Å². The average Bonchev–Trinajstić information content (AvgIpc) is 3.21. The molecular weight excluding hydrogens is 326 g/mol. The summed E-state index contributed by atoms with van der Waals surface area (Å²) in [5.41, 5.74) is 1.19. The molecular formula is C17H22ClN5O. The second-order valence-corrected chi connectivity index (χ2v) is 6.80. The molecule has 0 aliphatic heterocycles. The monoisotopic (exact) mass is 347 g/mol. The van der Waals surface area contributed by atoms with Crippen LogP contribution in [0.25, 0.3) is 0 Å². The first kappa shape index (κ1) is 16.8. The number of aromatic nitrogens is 3. The first-order valence-corrected chi connectivity index (χ1v) is 8.57. The topological polar surface area (TPSA) is 71.8 Å². The quantitative estimate of drug-likeness (QED) is 0.873. The SMILES string of the molecule is Cn1cnc(CNC(=O)NCC2(c3cccc(Cl)c3)CCCC2)n1. The van der Waals surface area contributed by atoms with E-state index in [1.54, 1.807) is 18.1 Å². The van der Waals surface area contributed by atoms with Gasteiger partial charge in [0.25, 0.3) is 0 Å². The van der Waals surface area contributed by atoms with Gasteiger partial charge in [-0.15, -0.1) is 0 Å². The van der Waals surface area contributed by atoms with Gasteiger partial charge in [0.15, 0.2) is 5.82 Å². The molecule has 1 heterocycles. The fourth-order valence-electron chi connectivity index (χ4n) is 3.37. The van der Waals surface area contributed by atoms with Crippen molar-refractivity contribution < 1.29 is 4.79 Å². The highest BCUT2D eigenvalue weighted by Crippen LogP contribution is 2.41. The van der Waals surface area contributed by atoms with Crippen LogP contribution in [0.1, 0.15) is 37.1 Å². The summed E-state index contributed by atoms with van der Waals surface area (Å²) in [5.74, 6) is 0.595. The standard InChI is InChI=1S/C17H22ClN5O/c1-23-12-21-15(22-23)10-19-16(24)20-11-17(7-2-3-8-17)13-5-4-6-14(18)9-13/h4-6,9,12H,2-3,7-8,10-11H2,1H3,(H2,19,20,24). The van der Waals surface area contributed by atoms with Crippen LogP contribution in [0.5, 0.6) is 0 Å². The van der Waals surface area contributed by atoms with Crippen LogP contribution in [0.15, 0.2) is 30.6 Å². The lowest BCUT2D eigenvalue weighted by atomic mass is 9.79. The minimum atomic E-state index is -0.198. The Hall–Kier alpha value is -2.08. The predicted octanol–water partition coefficient (Wildman–Crippen LogP) is 2.78. The first-order chi connectivity index (χ1) is 11.6. The van der Waals surface area contributed by atoms with E-state index in [0.717, 1.165) is 17.9 Å². The van der Waals surface area contributed by atoms with Gasteiger partial charge in [-0.3, -0.25) is 4.68 Å². The van der Waals surface area contributed by atoms with Gasteiger partial charge in [-0.2, -0.15) is 5.10 Å². The lowest BCUT2D eigenvalue weighted by Gasteiger charge is -2.30. The number of halogens is 1. The molecule has 128 valence electrons. The van der Waals surface area contributed by atoms with E-state index in [1.807, 2.05) is 18.2 Å². The van der Waals surface area contributed by atoms with Crippen molar-refractivity contribution in [3.8, 4) is 0 Å². The van der Waals surface area contributed by atoms with Crippen LogP contribution >= 0.6 is 11.6 Å². The van der Waals surface area contributed by atoms with Gasteiger partial charge < -0.3 is 10.6 Å². The summed E-state index contributed by atoms with van der Waals surface area (Å²) in [4.78, 5) is 16.2. The average molecular weight is 348 g/mol. The van der Waals surface area contributed by atoms with Crippen LogP contribution in [0.4, 0.5) is 4.79 Å². The summed E-state index contributed by atoms with van der Waals surface area (Å²) in [7, 11) is 1.80. The Kier molecular flexibility index (Phi) is 5.04. The molecule has 2 amide bonds. The van der Waals surface area contributed by atoms with Crippen molar-refractivity contribution in [1.82, 2.24) is 25.4 Å². The molecule has 3 rings (SSSR count). The fraction of sp³-hybridized carbons (Fsp3) is 0.471. The first-order valence-electron chi connectivity index (χ1n) is 8.20. The largest absolute Gasteiger partial charge is 0.337 e. The molecule has 1 fully saturated rings. The van der Waals surface area contributed by atoms with Gasteiger partial charge in [-0.25, -0.2) is 9.78 Å². The van der Waals surface area contributed by atoms with Gasteiger partial charge in [0.05, 0.1) is 6.54 Å². The number of nitrogens with zero attached hydrogens (tertiary/aromatic N) is 3. The van der Waals surface area contributed by atoms with Crippen molar-refractivity contribution in [1.29, 1.82) is 0 Å². The highest BCUT2D eigenvalue weighted by Gasteiger charge is 2.36. The molecule has 0 saturated heterocycles. The molecule has 0 atom stereocenters. The molecule has 7 heteroatoms. The molecule has 24 heavy (non-hydrogen) atoms. The highest BCUT2D eigenvalue weighted by molar-refractivity contribution is 6.30. The number of nitrogens with one attached hydrogen (secondary N) is 2. The number of hydrogen-bond acceptors (Lipinski definition) is 3. The van der Waals surface area contributed by atoms with Crippen LogP contribution in [-0.4, -0.2) is 27.3 Å². The molecule has 1 aromatic carbocycles. The number of benzene rings is 1. The summed E-state index contributed by atoms with van der Waals surface area (Å²) in [6.07, 6.45) is 6.09. The normalized spacial score (nSPS) is 16.1. The van der Waals surface area contributed by atoms with Crippen LogP contribution in [0.3, 0.4) is 0 Å². The Balaban J connectivity index is 1.59. The van der Waals surface area contributed by atoms with Crippen molar-refractivity contribution >= 4 is 17.6 Å². The maximum atomic E-state index is 12.1. The Morgan fingerprint density at radius 2 is 2.12 bits per heavy atom. The van der Waals surface area contributed by atoms with Gasteiger partial charge in [0.2, 0.25) is 0 Å². The van der Waals surface area contributed by atoms with Gasteiger partial charge in [0.1, 0.15) is 6.33 Å². The van der Waals surface area contributed by atoms with Crippen molar-refractivity contribution in [2.24, 2.45) is 7.05 Å². The summed E-state index contributed by atoms with van der Waals surface area (Å²) in [5, 5.41) is 10.7. The Bertz CT molecular complexity index is 709. The van der Waals surface area contributed by atoms with E-state index >= 15 is 0 Å². The van der Waals surface area contributed by atoms with Gasteiger partial charge >= 0.3 is 6.03 Å². The van der Waals surface area contributed by atoms with Crippen LogP contribution in [0.2, 0.25) is 5.02 Å². The molecule has 6 nitrogen and oxygen atoms in total. The zero-order chi connectivity index (χ0) is 17.0. The Morgan fingerprint density at radius 3 is 2.79 bits per heavy atom. The van der Waals surface area contributed by atoms with Crippen molar-refractivity contribution in [3.63, 3.8) is 0 Å². The number of carbonyl (C=O) groups excluding carboxylic acids is 1. The molecule has 1 saturated carbocycles. The molecule has 1 aliphatic rings. The number of hydrogen-bond donors (Lipinski definition) is 2. The Morgan fingerprint density at radius 1 is 1.33 bits per heavy atom. The van der Waals surface area contributed by atoms with E-state index in [0.29, 0.717) is 18.9 Å². The molecule has 0 bridgehead atoms. The fourth-order valence-corrected chi connectivity index (χ4v) is 3.56. The number of carbonyl (C=O) groups is 1. The van der Waals surface area contributed by atoms with Gasteiger partial charge in [0, 0.05) is 24.0 Å². The highest BCUT2D eigenvalue weighted by atomic mass is 35.5. The second-order valence-electron chi connectivity index (χ2n) is 6.37. The van der Waals surface area contributed by atoms with Crippen molar-refractivity contribution in [3.05, 3.63) is 47.0 Å². The molecule has 0 unspecified atom stereocenters. The van der Waals surface area contributed by atoms with Crippen molar-refractivity contribution in [2.75, 3.05) is 6.54 Å². The maximum Gasteiger partial charge on any atom is 0.315 e. The summed E-state index contributed by atoms with van der Waals surface area (Å²) in [6, 6.07) is 7.78. The van der Waals surface area contributed by atoms with E-state index in [4.69, 9.17) is 11.6 Å². The summed E-state index contributed by atoms with van der Waals surface area (Å²) >= 11 is 6.15. The number of amides is 2. The zero-order valence-electron chi connectivity index (χ0n) is 13.8. The molecule has 2 aromatic rings. The Labute approximate surface area is 146 Å². The lowest BCUT2D eigenvalue weighted by molar-refractivity contribution is 0.236. The molecule has 0 spiro atoms. The van der Waals surface area contributed by atoms with Crippen LogP contribution in [-0.2, 0) is 19.0 Å². The number of aryl methyl sites for hydroxylation is 1. The van der Waals surface area contributed by atoms with Gasteiger partial charge in [-0.05, 0) is 30.5 Å². The molecule has 2 N–H and O–H groups in total. The molecule has 1 aromatic heterocycles. The minimum Gasteiger partial charge on any atom is -0.337 e. The van der Waals surface area contributed by atoms with E-state index in [1.165, 1.54) is 18.4 Å². The third kappa shape index (κ3) is 3.87. The lowest BCUT2D eigenvalue weighted by Crippen LogP contribution is -2.43. The summed E-state index contributed by atoms with van der Waals surface area (Å²) < 4.78 is 1.61. The van der Waals surface area contributed by atoms with E-state index in [-0.39, 0.29) is 11.4 Å². The van der Waals surface area contributed by atoms with E-state index in [9.17, 15) is 4.79 Å². The van der Waals surface area contributed by atoms with Crippen molar-refractivity contribution in [2.45, 2.75) is 37.6 Å². The van der Waals surface area contributed by atoms with Crippen LogP contribution < -0.4 is 10.6 Å². The maximum absolute atomic E-state index is 12.1. The second kappa shape index (κ2) is 7.21. The minimum absolute atomic E-state index is 0.0223. The predicted molar refractivity (Wildman–Crippen MR) is 92.8 cm³/mol. The van der Waals surface area contributed by atoms with Crippen LogP contribution in [0, 0.1) is 0 Å². The van der Waals surface area contributed by atoms with E-state index < -0.39 is 0 Å².